The fourth-order valence-corrected chi connectivity index (χ4v) is 2.41. The molecule has 0 amide bonds. The molecule has 1 atom stereocenters. The average molecular weight is 336 g/mol. The van der Waals surface area contributed by atoms with Gasteiger partial charge in [0.05, 0.1) is 11.9 Å². The third kappa shape index (κ3) is 3.52. The molecule has 19 heavy (non-hydrogen) atoms. The van der Waals surface area contributed by atoms with Crippen LogP contribution in [0, 0.1) is 0 Å². The highest BCUT2D eigenvalue weighted by molar-refractivity contribution is 9.10. The van der Waals surface area contributed by atoms with Gasteiger partial charge in [-0.2, -0.15) is 0 Å². The van der Waals surface area contributed by atoms with E-state index in [4.69, 9.17) is 18.0 Å². The minimum atomic E-state index is 0.134. The second-order valence-corrected chi connectivity index (χ2v) is 5.56. The predicted octanol–water partition coefficient (Wildman–Crippen LogP) is 3.65. The second kappa shape index (κ2) is 6.12. The lowest BCUT2D eigenvalue weighted by molar-refractivity contribution is 0.881. The number of nitrogens with zero attached hydrogens (tertiary/aromatic N) is 1. The first-order chi connectivity index (χ1) is 9.08. The first-order valence-corrected chi connectivity index (χ1v) is 7.04. The lowest BCUT2D eigenvalue weighted by atomic mass is 10.1. The van der Waals surface area contributed by atoms with Gasteiger partial charge in [0.15, 0.2) is 0 Å². The van der Waals surface area contributed by atoms with Crippen molar-refractivity contribution in [1.82, 2.24) is 4.98 Å². The van der Waals surface area contributed by atoms with Crippen LogP contribution in [0.3, 0.4) is 0 Å². The maximum Gasteiger partial charge on any atom is 0.106 e. The van der Waals surface area contributed by atoms with Gasteiger partial charge in [-0.05, 0) is 30.7 Å². The number of hydrogen-bond acceptors (Lipinski definition) is 3. The average Bonchev–Trinajstić information content (AvgIpc) is 2.39. The molecule has 1 heterocycles. The molecule has 0 aliphatic carbocycles. The standard InChI is InChI=1S/C14H14BrN3S/c1-9(10-3-2-4-11(15)7-10)18-13-8-17-6-5-12(13)14(16)19/h2-9,18H,1H3,(H2,16,19). The van der Waals surface area contributed by atoms with E-state index in [1.807, 2.05) is 18.2 Å². The molecule has 98 valence electrons. The number of anilines is 1. The number of hydrogen-bond donors (Lipinski definition) is 2. The maximum absolute atomic E-state index is 5.71. The van der Waals surface area contributed by atoms with Gasteiger partial charge in [0.2, 0.25) is 0 Å². The summed E-state index contributed by atoms with van der Waals surface area (Å²) < 4.78 is 1.06. The number of halogens is 1. The van der Waals surface area contributed by atoms with Crippen LogP contribution in [0.15, 0.2) is 47.2 Å². The largest absolute Gasteiger partial charge is 0.389 e. The molecule has 2 aromatic rings. The number of nitrogens with one attached hydrogen (secondary N) is 1. The van der Waals surface area contributed by atoms with Gasteiger partial charge in [-0.25, -0.2) is 0 Å². The molecule has 5 heteroatoms. The molecule has 0 aliphatic rings. The van der Waals surface area contributed by atoms with Crippen molar-refractivity contribution in [2.75, 3.05) is 5.32 Å². The van der Waals surface area contributed by atoms with E-state index < -0.39 is 0 Å². The van der Waals surface area contributed by atoms with Crippen molar-refractivity contribution >= 4 is 38.8 Å². The second-order valence-electron chi connectivity index (χ2n) is 4.21. The lowest BCUT2D eigenvalue weighted by Crippen LogP contribution is -2.15. The molecule has 1 unspecified atom stereocenters. The number of pyridine rings is 1. The van der Waals surface area contributed by atoms with Crippen LogP contribution in [0.25, 0.3) is 0 Å². The molecule has 0 fully saturated rings. The van der Waals surface area contributed by atoms with Gasteiger partial charge in [0.1, 0.15) is 4.99 Å². The highest BCUT2D eigenvalue weighted by Crippen LogP contribution is 2.23. The number of thiocarbonyl (C=S) groups is 1. The smallest absolute Gasteiger partial charge is 0.106 e. The van der Waals surface area contributed by atoms with Crippen LogP contribution < -0.4 is 11.1 Å². The number of nitrogens with two attached hydrogens (primary N) is 1. The maximum atomic E-state index is 5.71. The van der Waals surface area contributed by atoms with E-state index in [1.165, 1.54) is 5.56 Å². The molecule has 1 aromatic heterocycles. The quantitative estimate of drug-likeness (QED) is 0.837. The van der Waals surface area contributed by atoms with Gasteiger partial charge in [0.25, 0.3) is 0 Å². The Labute approximate surface area is 126 Å². The Morgan fingerprint density at radius 2 is 2.21 bits per heavy atom. The fourth-order valence-electron chi connectivity index (χ4n) is 1.82. The Kier molecular flexibility index (Phi) is 4.50. The molecule has 1 aromatic carbocycles. The van der Waals surface area contributed by atoms with Crippen molar-refractivity contribution in [3.05, 3.63) is 58.3 Å². The third-order valence-corrected chi connectivity index (χ3v) is 3.52. The molecule has 0 radical (unpaired) electrons. The Hall–Kier alpha value is -1.46. The summed E-state index contributed by atoms with van der Waals surface area (Å²) in [5.74, 6) is 0. The Balaban J connectivity index is 2.24. The van der Waals surface area contributed by atoms with Crippen molar-refractivity contribution in [3.63, 3.8) is 0 Å². The van der Waals surface area contributed by atoms with E-state index in [0.717, 1.165) is 15.7 Å². The predicted molar refractivity (Wildman–Crippen MR) is 86.3 cm³/mol. The Bertz CT molecular complexity index is 601. The van der Waals surface area contributed by atoms with Crippen molar-refractivity contribution in [1.29, 1.82) is 0 Å². The van der Waals surface area contributed by atoms with E-state index in [-0.39, 0.29) is 6.04 Å². The zero-order chi connectivity index (χ0) is 13.8. The van der Waals surface area contributed by atoms with Gasteiger partial charge in [0, 0.05) is 22.3 Å². The third-order valence-electron chi connectivity index (χ3n) is 2.81. The Morgan fingerprint density at radius 3 is 2.89 bits per heavy atom. The summed E-state index contributed by atoms with van der Waals surface area (Å²) in [5, 5.41) is 3.38. The van der Waals surface area contributed by atoms with Crippen LogP contribution in [-0.4, -0.2) is 9.97 Å². The van der Waals surface area contributed by atoms with Gasteiger partial charge >= 0.3 is 0 Å². The highest BCUT2D eigenvalue weighted by Gasteiger charge is 2.10. The summed E-state index contributed by atoms with van der Waals surface area (Å²) in [7, 11) is 0. The van der Waals surface area contributed by atoms with Crippen molar-refractivity contribution in [2.45, 2.75) is 13.0 Å². The van der Waals surface area contributed by atoms with E-state index in [0.29, 0.717) is 4.99 Å². The number of rotatable bonds is 4. The molecule has 0 saturated heterocycles. The van der Waals surface area contributed by atoms with Gasteiger partial charge in [-0.1, -0.05) is 40.3 Å². The van der Waals surface area contributed by atoms with Crippen molar-refractivity contribution < 1.29 is 0 Å². The van der Waals surface area contributed by atoms with Gasteiger partial charge in [-0.3, -0.25) is 4.98 Å². The first kappa shape index (κ1) is 14.0. The molecule has 0 bridgehead atoms. The van der Waals surface area contributed by atoms with Crippen LogP contribution in [0.2, 0.25) is 0 Å². The molecular formula is C14H14BrN3S. The van der Waals surface area contributed by atoms with Crippen LogP contribution in [0.1, 0.15) is 24.1 Å². The van der Waals surface area contributed by atoms with Crippen LogP contribution in [-0.2, 0) is 0 Å². The highest BCUT2D eigenvalue weighted by atomic mass is 79.9. The molecule has 3 N–H and O–H groups in total. The first-order valence-electron chi connectivity index (χ1n) is 5.83. The summed E-state index contributed by atoms with van der Waals surface area (Å²) in [5.41, 5.74) is 8.54. The van der Waals surface area contributed by atoms with Gasteiger partial charge < -0.3 is 11.1 Å². The Morgan fingerprint density at radius 1 is 1.42 bits per heavy atom. The minimum absolute atomic E-state index is 0.134. The molecule has 2 rings (SSSR count). The summed E-state index contributed by atoms with van der Waals surface area (Å²) in [6.07, 6.45) is 3.42. The summed E-state index contributed by atoms with van der Waals surface area (Å²) in [4.78, 5) is 4.47. The monoisotopic (exact) mass is 335 g/mol. The summed E-state index contributed by atoms with van der Waals surface area (Å²) in [6, 6.07) is 10.1. The van der Waals surface area contributed by atoms with E-state index in [1.54, 1.807) is 12.4 Å². The van der Waals surface area contributed by atoms with Gasteiger partial charge in [-0.15, -0.1) is 0 Å². The topological polar surface area (TPSA) is 50.9 Å². The van der Waals surface area contributed by atoms with Crippen LogP contribution in [0.4, 0.5) is 5.69 Å². The summed E-state index contributed by atoms with van der Waals surface area (Å²) >= 11 is 8.52. The minimum Gasteiger partial charge on any atom is -0.389 e. The fraction of sp³-hybridized carbons (Fsp3) is 0.143. The zero-order valence-electron chi connectivity index (χ0n) is 10.4. The SMILES string of the molecule is CC(Nc1cnccc1C(N)=S)c1cccc(Br)c1. The van der Waals surface area contributed by atoms with Crippen LogP contribution >= 0.6 is 28.1 Å². The van der Waals surface area contributed by atoms with E-state index in [9.17, 15) is 0 Å². The molecule has 0 aliphatic heterocycles. The number of aromatic nitrogens is 1. The molecule has 3 nitrogen and oxygen atoms in total. The molecular weight excluding hydrogens is 322 g/mol. The van der Waals surface area contributed by atoms with E-state index in [2.05, 4.69) is 45.3 Å². The lowest BCUT2D eigenvalue weighted by Gasteiger charge is -2.18. The molecule has 0 saturated carbocycles. The molecule has 0 spiro atoms. The summed E-state index contributed by atoms with van der Waals surface area (Å²) in [6.45, 7) is 2.08. The zero-order valence-corrected chi connectivity index (χ0v) is 12.8. The normalized spacial score (nSPS) is 11.9. The van der Waals surface area contributed by atoms with Crippen molar-refractivity contribution in [2.24, 2.45) is 5.73 Å². The van der Waals surface area contributed by atoms with Crippen LogP contribution in [0.5, 0.6) is 0 Å². The van der Waals surface area contributed by atoms with E-state index >= 15 is 0 Å². The van der Waals surface area contributed by atoms with Crippen molar-refractivity contribution in [3.8, 4) is 0 Å². The number of benzene rings is 1.